The molecule has 1 N–H and O–H groups in total. The van der Waals surface area contributed by atoms with Crippen LogP contribution in [0, 0.1) is 6.92 Å². The molecule has 0 aliphatic heterocycles. The summed E-state index contributed by atoms with van der Waals surface area (Å²) in [4.78, 5) is 0. The number of aryl methyl sites for hydroxylation is 1. The Morgan fingerprint density at radius 3 is 2.56 bits per heavy atom. The minimum atomic E-state index is -3.29. The smallest absolute Gasteiger partial charge is 0.232 e. The molecule has 1 aromatic carbocycles. The van der Waals surface area contributed by atoms with E-state index in [0.717, 1.165) is 10.0 Å². The molecule has 0 amide bonds. The lowest BCUT2D eigenvalue weighted by Crippen LogP contribution is -2.16. The van der Waals surface area contributed by atoms with E-state index in [1.807, 2.05) is 13.0 Å². The third kappa shape index (κ3) is 3.12. The van der Waals surface area contributed by atoms with Crippen molar-refractivity contribution in [2.45, 2.75) is 13.8 Å². The van der Waals surface area contributed by atoms with E-state index in [4.69, 9.17) is 4.74 Å². The van der Waals surface area contributed by atoms with Crippen molar-refractivity contribution in [3.63, 3.8) is 0 Å². The third-order valence-electron chi connectivity index (χ3n) is 2.12. The second-order valence-corrected chi connectivity index (χ2v) is 6.23. The number of ether oxygens (including phenoxy) is 1. The zero-order chi connectivity index (χ0) is 12.3. The summed E-state index contributed by atoms with van der Waals surface area (Å²) in [5.41, 5.74) is 1.30. The second-order valence-electron chi connectivity index (χ2n) is 3.31. The Morgan fingerprint density at radius 1 is 1.44 bits per heavy atom. The van der Waals surface area contributed by atoms with Gasteiger partial charge in [0.1, 0.15) is 5.75 Å². The molecular weight excluding hydrogens is 294 g/mol. The van der Waals surface area contributed by atoms with Gasteiger partial charge in [-0.3, -0.25) is 4.72 Å². The van der Waals surface area contributed by atoms with Crippen molar-refractivity contribution in [2.75, 3.05) is 17.6 Å². The van der Waals surface area contributed by atoms with Gasteiger partial charge in [-0.2, -0.15) is 0 Å². The maximum Gasteiger partial charge on any atom is 0.232 e. The summed E-state index contributed by atoms with van der Waals surface area (Å²) in [5.74, 6) is 0.537. The van der Waals surface area contributed by atoms with Gasteiger partial charge in [0.2, 0.25) is 10.0 Å². The van der Waals surface area contributed by atoms with Gasteiger partial charge in [0.25, 0.3) is 0 Å². The first-order valence-corrected chi connectivity index (χ1v) is 7.18. The predicted octanol–water partition coefficient (Wildman–Crippen LogP) is 2.53. The summed E-state index contributed by atoms with van der Waals surface area (Å²) in [6.07, 6.45) is 0. The molecule has 0 atom stereocenters. The Hall–Kier alpha value is -0.750. The molecule has 1 rings (SSSR count). The molecule has 0 bridgehead atoms. The maximum atomic E-state index is 11.5. The average Bonchev–Trinajstić information content (AvgIpc) is 2.21. The fourth-order valence-electron chi connectivity index (χ4n) is 1.23. The summed E-state index contributed by atoms with van der Waals surface area (Å²) in [6.45, 7) is 3.41. The molecule has 0 heterocycles. The summed E-state index contributed by atoms with van der Waals surface area (Å²) in [5, 5.41) is 0. The molecule has 0 saturated carbocycles. The monoisotopic (exact) mass is 307 g/mol. The number of nitrogens with one attached hydrogen (secondary N) is 1. The van der Waals surface area contributed by atoms with Crippen LogP contribution in [0.25, 0.3) is 0 Å². The van der Waals surface area contributed by atoms with Crippen LogP contribution in [0.2, 0.25) is 0 Å². The Labute approximate surface area is 104 Å². The van der Waals surface area contributed by atoms with Gasteiger partial charge in [0.15, 0.2) is 0 Å². The van der Waals surface area contributed by atoms with Gasteiger partial charge in [-0.15, -0.1) is 0 Å². The van der Waals surface area contributed by atoms with Gasteiger partial charge < -0.3 is 4.74 Å². The molecule has 90 valence electrons. The molecule has 0 radical (unpaired) electrons. The summed E-state index contributed by atoms with van der Waals surface area (Å²) < 4.78 is 31.5. The average molecular weight is 308 g/mol. The van der Waals surface area contributed by atoms with Crippen LogP contribution in [-0.2, 0) is 10.0 Å². The molecule has 0 aliphatic rings. The van der Waals surface area contributed by atoms with E-state index in [-0.39, 0.29) is 5.75 Å². The molecule has 0 unspecified atom stereocenters. The first-order chi connectivity index (χ1) is 7.39. The largest absolute Gasteiger partial charge is 0.495 e. The number of sulfonamides is 1. The topological polar surface area (TPSA) is 55.4 Å². The van der Waals surface area contributed by atoms with E-state index < -0.39 is 10.0 Å². The SMILES string of the molecule is CCS(=O)(=O)Nc1c(C)cc(Br)cc1OC. The number of anilines is 1. The van der Waals surface area contributed by atoms with Gasteiger partial charge >= 0.3 is 0 Å². The van der Waals surface area contributed by atoms with Gasteiger partial charge in [0.05, 0.1) is 18.6 Å². The van der Waals surface area contributed by atoms with E-state index in [2.05, 4.69) is 20.7 Å². The molecule has 1 aromatic rings. The highest BCUT2D eigenvalue weighted by Crippen LogP contribution is 2.32. The zero-order valence-electron chi connectivity index (χ0n) is 9.37. The van der Waals surface area contributed by atoms with Crippen LogP contribution in [0.5, 0.6) is 5.75 Å². The fourth-order valence-corrected chi connectivity index (χ4v) is 2.50. The predicted molar refractivity (Wildman–Crippen MR) is 68.5 cm³/mol. The Balaban J connectivity index is 3.23. The van der Waals surface area contributed by atoms with E-state index >= 15 is 0 Å². The first kappa shape index (κ1) is 13.3. The van der Waals surface area contributed by atoms with Crippen molar-refractivity contribution < 1.29 is 13.2 Å². The molecule has 0 spiro atoms. The van der Waals surface area contributed by atoms with Crippen molar-refractivity contribution in [3.8, 4) is 5.75 Å². The van der Waals surface area contributed by atoms with Crippen LogP contribution in [0.15, 0.2) is 16.6 Å². The maximum absolute atomic E-state index is 11.5. The van der Waals surface area contributed by atoms with Gasteiger partial charge in [-0.25, -0.2) is 8.42 Å². The number of hydrogen-bond donors (Lipinski definition) is 1. The minimum Gasteiger partial charge on any atom is -0.495 e. The van der Waals surface area contributed by atoms with Crippen molar-refractivity contribution in [1.82, 2.24) is 0 Å². The lowest BCUT2D eigenvalue weighted by atomic mass is 10.2. The van der Waals surface area contributed by atoms with E-state index in [9.17, 15) is 8.42 Å². The normalized spacial score (nSPS) is 11.2. The van der Waals surface area contributed by atoms with E-state index in [1.54, 1.807) is 13.0 Å². The molecule has 4 nitrogen and oxygen atoms in total. The third-order valence-corrected chi connectivity index (χ3v) is 3.85. The highest BCUT2D eigenvalue weighted by Gasteiger charge is 2.14. The minimum absolute atomic E-state index is 0.0334. The second kappa shape index (κ2) is 5.05. The highest BCUT2D eigenvalue weighted by molar-refractivity contribution is 9.10. The lowest BCUT2D eigenvalue weighted by molar-refractivity contribution is 0.416. The number of hydrogen-bond acceptors (Lipinski definition) is 3. The quantitative estimate of drug-likeness (QED) is 0.930. The molecular formula is C10H14BrNO3S. The standard InChI is InChI=1S/C10H14BrNO3S/c1-4-16(13,14)12-10-7(2)5-8(11)6-9(10)15-3/h5-6,12H,4H2,1-3H3. The number of halogens is 1. The first-order valence-electron chi connectivity index (χ1n) is 4.74. The molecule has 6 heteroatoms. The molecule has 0 aromatic heterocycles. The van der Waals surface area contributed by atoms with Crippen molar-refractivity contribution in [2.24, 2.45) is 0 Å². The molecule has 0 saturated heterocycles. The zero-order valence-corrected chi connectivity index (χ0v) is 11.8. The van der Waals surface area contributed by atoms with Crippen LogP contribution in [0.1, 0.15) is 12.5 Å². The molecule has 0 fully saturated rings. The summed E-state index contributed by atoms with van der Waals surface area (Å²) in [7, 11) is -1.78. The Bertz CT molecular complexity index is 485. The van der Waals surface area contributed by atoms with Gasteiger partial charge in [0, 0.05) is 4.47 Å². The summed E-state index contributed by atoms with van der Waals surface area (Å²) in [6, 6.07) is 3.55. The fraction of sp³-hybridized carbons (Fsp3) is 0.400. The van der Waals surface area contributed by atoms with Crippen LogP contribution in [-0.4, -0.2) is 21.3 Å². The van der Waals surface area contributed by atoms with Crippen LogP contribution in [0.4, 0.5) is 5.69 Å². The summed E-state index contributed by atoms with van der Waals surface area (Å²) >= 11 is 3.33. The van der Waals surface area contributed by atoms with Gasteiger partial charge in [-0.1, -0.05) is 15.9 Å². The van der Waals surface area contributed by atoms with E-state index in [1.165, 1.54) is 7.11 Å². The number of benzene rings is 1. The number of methoxy groups -OCH3 is 1. The van der Waals surface area contributed by atoms with Gasteiger partial charge in [-0.05, 0) is 31.5 Å². The lowest BCUT2D eigenvalue weighted by Gasteiger charge is -2.14. The van der Waals surface area contributed by atoms with Crippen LogP contribution < -0.4 is 9.46 Å². The van der Waals surface area contributed by atoms with Crippen LogP contribution >= 0.6 is 15.9 Å². The van der Waals surface area contributed by atoms with E-state index in [0.29, 0.717) is 11.4 Å². The van der Waals surface area contributed by atoms with Crippen molar-refractivity contribution in [3.05, 3.63) is 22.2 Å². The number of rotatable bonds is 4. The Kier molecular flexibility index (Phi) is 4.21. The Morgan fingerprint density at radius 2 is 2.06 bits per heavy atom. The molecule has 16 heavy (non-hydrogen) atoms. The van der Waals surface area contributed by atoms with Crippen molar-refractivity contribution >= 4 is 31.6 Å². The van der Waals surface area contributed by atoms with Crippen molar-refractivity contribution in [1.29, 1.82) is 0 Å². The molecule has 0 aliphatic carbocycles. The highest BCUT2D eigenvalue weighted by atomic mass is 79.9. The van der Waals surface area contributed by atoms with Crippen LogP contribution in [0.3, 0.4) is 0 Å².